The molecule has 0 amide bonds. The van der Waals surface area contributed by atoms with Gasteiger partial charge in [0, 0.05) is 11.1 Å². The summed E-state index contributed by atoms with van der Waals surface area (Å²) in [5.41, 5.74) is 3.03. The number of rotatable bonds is 2. The first-order valence-electron chi connectivity index (χ1n) is 5.50. The van der Waals surface area contributed by atoms with Crippen LogP contribution in [0.3, 0.4) is 0 Å². The maximum Gasteiger partial charge on any atom is 0.403 e. The number of hydrogen-bond acceptors (Lipinski definition) is 1. The van der Waals surface area contributed by atoms with E-state index in [2.05, 4.69) is 0 Å². The number of nitrogens with zero attached hydrogens (tertiary/aromatic N) is 2. The highest BCUT2D eigenvalue weighted by molar-refractivity contribution is 6.30. The predicted octanol–water partition coefficient (Wildman–Crippen LogP) is 2.27. The topological polar surface area (TPSA) is 46.1 Å². The molecule has 4 nitrogen and oxygen atoms in total. The lowest BCUT2D eigenvalue weighted by Gasteiger charge is -2.07. The van der Waals surface area contributed by atoms with Crippen LogP contribution < -0.4 is 4.68 Å². The van der Waals surface area contributed by atoms with Crippen molar-refractivity contribution in [3.05, 3.63) is 46.2 Å². The van der Waals surface area contributed by atoms with Gasteiger partial charge in [-0.3, -0.25) is 0 Å². The molecule has 94 valence electrons. The summed E-state index contributed by atoms with van der Waals surface area (Å²) in [6.07, 6.45) is 0. The number of hydrogen-bond donors (Lipinski definition) is 1. The second-order valence-electron chi connectivity index (χ2n) is 4.24. The summed E-state index contributed by atoms with van der Waals surface area (Å²) in [4.78, 5) is 11.1. The number of aromatic nitrogens is 2. The fourth-order valence-corrected chi connectivity index (χ4v) is 2.33. The Morgan fingerprint density at radius 1 is 1.33 bits per heavy atom. The Balaban J connectivity index is 2.68. The molecule has 1 N–H and O–H groups in total. The molecule has 0 saturated carbocycles. The predicted molar refractivity (Wildman–Crippen MR) is 68.4 cm³/mol. The third kappa shape index (κ3) is 1.99. The Hall–Kier alpha value is -1.81. The van der Waals surface area contributed by atoms with Crippen molar-refractivity contribution < 1.29 is 14.6 Å². The zero-order valence-corrected chi connectivity index (χ0v) is 11.2. The van der Waals surface area contributed by atoms with E-state index in [-0.39, 0.29) is 5.69 Å². The minimum atomic E-state index is -0.939. The Morgan fingerprint density at radius 3 is 2.50 bits per heavy atom. The van der Waals surface area contributed by atoms with Crippen molar-refractivity contribution in [2.75, 3.05) is 0 Å². The van der Waals surface area contributed by atoms with Gasteiger partial charge in [-0.1, -0.05) is 16.3 Å². The Kier molecular flexibility index (Phi) is 3.13. The fraction of sp³-hybridized carbons (Fsp3) is 0.231. The minimum absolute atomic E-state index is 0.252. The van der Waals surface area contributed by atoms with Crippen LogP contribution in [-0.2, 0) is 7.05 Å². The highest BCUT2D eigenvalue weighted by Gasteiger charge is 2.24. The number of aryl methyl sites for hydroxylation is 2. The van der Waals surface area contributed by atoms with Gasteiger partial charge in [-0.05, 0) is 37.6 Å². The molecule has 0 aliphatic heterocycles. The number of aromatic carboxylic acids is 1. The third-order valence-corrected chi connectivity index (χ3v) is 3.17. The van der Waals surface area contributed by atoms with Gasteiger partial charge in [-0.2, -0.15) is 0 Å². The van der Waals surface area contributed by atoms with E-state index in [0.717, 1.165) is 16.9 Å². The number of benzene rings is 1. The normalized spacial score (nSPS) is 10.7. The zero-order chi connectivity index (χ0) is 13.4. The lowest BCUT2D eigenvalue weighted by Crippen LogP contribution is -2.43. The first kappa shape index (κ1) is 12.6. The van der Waals surface area contributed by atoms with Gasteiger partial charge in [0.05, 0.1) is 5.69 Å². The number of carbonyl (C=O) groups is 1. The highest BCUT2D eigenvalue weighted by atomic mass is 35.5. The van der Waals surface area contributed by atoms with Crippen molar-refractivity contribution in [1.82, 2.24) is 4.68 Å². The molecular weight excluding hydrogens is 252 g/mol. The van der Waals surface area contributed by atoms with E-state index < -0.39 is 5.97 Å². The number of carboxylic acids is 1. The van der Waals surface area contributed by atoms with Crippen LogP contribution in [0.15, 0.2) is 24.3 Å². The lowest BCUT2D eigenvalue weighted by molar-refractivity contribution is -0.746. The standard InChI is InChI=1S/C13H13ClN2O2/c1-8-6-10(14)4-5-11(8)16-9(2)7-12(13(17)18)15(16)3/h4-7H,1-3H3/p+1. The molecule has 1 aromatic heterocycles. The van der Waals surface area contributed by atoms with E-state index in [1.165, 1.54) is 0 Å². The van der Waals surface area contributed by atoms with Crippen molar-refractivity contribution >= 4 is 17.6 Å². The van der Waals surface area contributed by atoms with Gasteiger partial charge in [-0.15, -0.1) is 4.68 Å². The van der Waals surface area contributed by atoms with Crippen LogP contribution in [0.1, 0.15) is 21.7 Å². The molecule has 18 heavy (non-hydrogen) atoms. The Labute approximate surface area is 110 Å². The first-order chi connectivity index (χ1) is 8.41. The fourth-order valence-electron chi connectivity index (χ4n) is 2.11. The SMILES string of the molecule is Cc1cc(Cl)ccc1-n1c(C)cc(C(=O)O)[n+]1C. The minimum Gasteiger partial charge on any atom is -0.473 e. The molecule has 0 bridgehead atoms. The summed E-state index contributed by atoms with van der Waals surface area (Å²) in [6.45, 7) is 3.82. The number of halogens is 1. The molecular formula is C13H14ClN2O2+. The molecule has 0 aliphatic carbocycles. The molecule has 0 atom stereocenters. The van der Waals surface area contributed by atoms with Crippen LogP contribution in [0, 0.1) is 13.8 Å². The molecule has 0 aliphatic rings. The molecule has 2 aromatic rings. The third-order valence-electron chi connectivity index (χ3n) is 2.93. The Bertz CT molecular complexity index is 632. The second-order valence-corrected chi connectivity index (χ2v) is 4.68. The van der Waals surface area contributed by atoms with E-state index >= 15 is 0 Å². The highest BCUT2D eigenvalue weighted by Crippen LogP contribution is 2.19. The zero-order valence-electron chi connectivity index (χ0n) is 10.4. The van der Waals surface area contributed by atoms with Gasteiger partial charge in [0.15, 0.2) is 7.05 Å². The molecule has 1 aromatic carbocycles. The van der Waals surface area contributed by atoms with Gasteiger partial charge < -0.3 is 5.11 Å². The maximum absolute atomic E-state index is 11.1. The van der Waals surface area contributed by atoms with E-state index in [1.54, 1.807) is 23.9 Å². The lowest BCUT2D eigenvalue weighted by atomic mass is 10.2. The molecule has 5 heteroatoms. The van der Waals surface area contributed by atoms with Crippen LogP contribution in [0.2, 0.25) is 5.02 Å². The summed E-state index contributed by atoms with van der Waals surface area (Å²) < 4.78 is 3.48. The van der Waals surface area contributed by atoms with Gasteiger partial charge in [0.2, 0.25) is 0 Å². The molecule has 1 heterocycles. The summed E-state index contributed by atoms with van der Waals surface area (Å²) in [6, 6.07) is 7.19. The van der Waals surface area contributed by atoms with Gasteiger partial charge in [0.1, 0.15) is 5.69 Å². The Morgan fingerprint density at radius 2 is 2.00 bits per heavy atom. The van der Waals surface area contributed by atoms with Crippen molar-refractivity contribution in [2.45, 2.75) is 13.8 Å². The molecule has 2 rings (SSSR count). The van der Waals surface area contributed by atoms with Crippen molar-refractivity contribution in [3.8, 4) is 5.69 Å². The smallest absolute Gasteiger partial charge is 0.403 e. The van der Waals surface area contributed by atoms with E-state index in [4.69, 9.17) is 16.7 Å². The first-order valence-corrected chi connectivity index (χ1v) is 5.88. The van der Waals surface area contributed by atoms with E-state index in [1.807, 2.05) is 30.7 Å². The molecule has 0 saturated heterocycles. The van der Waals surface area contributed by atoms with Crippen LogP contribution >= 0.6 is 11.6 Å². The largest absolute Gasteiger partial charge is 0.473 e. The summed E-state index contributed by atoms with van der Waals surface area (Å²) in [5, 5.41) is 9.78. The van der Waals surface area contributed by atoms with Crippen molar-refractivity contribution in [3.63, 3.8) is 0 Å². The van der Waals surface area contributed by atoms with E-state index in [0.29, 0.717) is 5.02 Å². The van der Waals surface area contributed by atoms with Crippen LogP contribution in [-0.4, -0.2) is 15.8 Å². The van der Waals surface area contributed by atoms with Gasteiger partial charge in [-0.25, -0.2) is 4.79 Å². The average Bonchev–Trinajstić information content (AvgIpc) is 2.56. The van der Waals surface area contributed by atoms with Crippen LogP contribution in [0.5, 0.6) is 0 Å². The summed E-state index contributed by atoms with van der Waals surface area (Å²) >= 11 is 5.93. The molecule has 0 spiro atoms. The quantitative estimate of drug-likeness (QED) is 0.847. The van der Waals surface area contributed by atoms with Crippen LogP contribution in [0.4, 0.5) is 0 Å². The summed E-state index contributed by atoms with van der Waals surface area (Å²) in [7, 11) is 1.73. The maximum atomic E-state index is 11.1. The summed E-state index contributed by atoms with van der Waals surface area (Å²) in [5.74, 6) is -0.939. The molecule has 0 radical (unpaired) electrons. The number of carboxylic acid groups (broad SMARTS) is 1. The van der Waals surface area contributed by atoms with E-state index in [9.17, 15) is 4.79 Å². The van der Waals surface area contributed by atoms with Gasteiger partial charge >= 0.3 is 11.7 Å². The monoisotopic (exact) mass is 265 g/mol. The average molecular weight is 266 g/mol. The van der Waals surface area contributed by atoms with Crippen LogP contribution in [0.25, 0.3) is 5.69 Å². The van der Waals surface area contributed by atoms with Gasteiger partial charge in [0.25, 0.3) is 0 Å². The van der Waals surface area contributed by atoms with Crippen molar-refractivity contribution in [2.24, 2.45) is 7.05 Å². The molecule has 0 unspecified atom stereocenters. The van der Waals surface area contributed by atoms with Crippen molar-refractivity contribution in [1.29, 1.82) is 0 Å². The molecule has 0 fully saturated rings. The second kappa shape index (κ2) is 4.46.